The lowest BCUT2D eigenvalue weighted by atomic mass is 9.90. The number of amides is 1. The van der Waals surface area contributed by atoms with Crippen molar-refractivity contribution in [2.45, 2.75) is 12.5 Å². The van der Waals surface area contributed by atoms with Crippen LogP contribution in [0, 0.1) is 5.82 Å². The van der Waals surface area contributed by atoms with Gasteiger partial charge in [0.15, 0.2) is 0 Å². The molecule has 1 aromatic heterocycles. The number of fused-ring (bicyclic) bond motifs is 1. The van der Waals surface area contributed by atoms with E-state index in [0.29, 0.717) is 16.5 Å². The molecule has 5 heteroatoms. The van der Waals surface area contributed by atoms with Crippen LogP contribution in [-0.2, 0) is 10.3 Å². The number of cyclic esters (lactones) is 1. The van der Waals surface area contributed by atoms with Gasteiger partial charge in [0.1, 0.15) is 18.0 Å². The Balaban J connectivity index is 1.85. The standard InChI is InChI=1S/C18H14FNO3/c1-18(10-23-17(21)20-18)13-4-2-3-11(7-13)15-9-14(19)8-12-5-6-22-16(12)15/h2-9H,10H2,1H3,(H,20,21). The molecule has 1 atom stereocenters. The topological polar surface area (TPSA) is 51.5 Å². The van der Waals surface area contributed by atoms with Gasteiger partial charge in [0.05, 0.1) is 11.8 Å². The summed E-state index contributed by atoms with van der Waals surface area (Å²) in [5.41, 5.74) is 2.44. The van der Waals surface area contributed by atoms with E-state index in [1.165, 1.54) is 12.1 Å². The SMILES string of the molecule is CC1(c2cccc(-c3cc(F)cc4ccoc34)c2)COC(=O)N1. The number of rotatable bonds is 2. The fourth-order valence-corrected chi connectivity index (χ4v) is 2.95. The highest BCUT2D eigenvalue weighted by Gasteiger charge is 2.36. The van der Waals surface area contributed by atoms with Gasteiger partial charge in [-0.15, -0.1) is 0 Å². The van der Waals surface area contributed by atoms with Crippen LogP contribution >= 0.6 is 0 Å². The van der Waals surface area contributed by atoms with E-state index in [1.807, 2.05) is 31.2 Å². The van der Waals surface area contributed by atoms with Gasteiger partial charge in [-0.25, -0.2) is 9.18 Å². The molecule has 2 aromatic carbocycles. The third kappa shape index (κ3) is 2.25. The van der Waals surface area contributed by atoms with Crippen LogP contribution in [0.15, 0.2) is 53.1 Å². The maximum Gasteiger partial charge on any atom is 0.408 e. The van der Waals surface area contributed by atoms with Crippen molar-refractivity contribution >= 4 is 17.1 Å². The molecule has 1 saturated heterocycles. The average molecular weight is 311 g/mol. The lowest BCUT2D eigenvalue weighted by Gasteiger charge is -2.22. The van der Waals surface area contributed by atoms with Gasteiger partial charge < -0.3 is 14.5 Å². The highest BCUT2D eigenvalue weighted by Crippen LogP contribution is 2.34. The average Bonchev–Trinajstić information content (AvgIpc) is 3.13. The van der Waals surface area contributed by atoms with Crippen LogP contribution in [0.3, 0.4) is 0 Å². The summed E-state index contributed by atoms with van der Waals surface area (Å²) in [4.78, 5) is 11.4. The van der Waals surface area contributed by atoms with Gasteiger partial charge in [-0.3, -0.25) is 0 Å². The molecule has 2 heterocycles. The highest BCUT2D eigenvalue weighted by atomic mass is 19.1. The Morgan fingerprint density at radius 2 is 2.09 bits per heavy atom. The van der Waals surface area contributed by atoms with E-state index in [0.717, 1.165) is 11.1 Å². The first-order chi connectivity index (χ1) is 11.0. The van der Waals surface area contributed by atoms with Crippen LogP contribution in [-0.4, -0.2) is 12.7 Å². The third-order valence-electron chi connectivity index (χ3n) is 4.20. The molecule has 0 aliphatic carbocycles. The summed E-state index contributed by atoms with van der Waals surface area (Å²) in [7, 11) is 0. The molecule has 3 aromatic rings. The molecule has 4 nitrogen and oxygen atoms in total. The molecule has 1 fully saturated rings. The fourth-order valence-electron chi connectivity index (χ4n) is 2.95. The molecule has 1 aliphatic rings. The van der Waals surface area contributed by atoms with E-state index in [1.54, 1.807) is 12.3 Å². The van der Waals surface area contributed by atoms with Gasteiger partial charge in [-0.2, -0.15) is 0 Å². The minimum atomic E-state index is -0.595. The number of hydrogen-bond acceptors (Lipinski definition) is 3. The smallest absolute Gasteiger partial charge is 0.408 e. The summed E-state index contributed by atoms with van der Waals surface area (Å²) in [6.07, 6.45) is 1.11. The number of hydrogen-bond donors (Lipinski definition) is 1. The van der Waals surface area contributed by atoms with E-state index in [4.69, 9.17) is 9.15 Å². The van der Waals surface area contributed by atoms with Crippen LogP contribution in [0.1, 0.15) is 12.5 Å². The van der Waals surface area contributed by atoms with Gasteiger partial charge in [0.25, 0.3) is 0 Å². The Bertz CT molecular complexity index is 918. The van der Waals surface area contributed by atoms with Gasteiger partial charge in [-0.05, 0) is 42.3 Å². The van der Waals surface area contributed by atoms with Crippen molar-refractivity contribution < 1.29 is 18.3 Å². The second kappa shape index (κ2) is 4.84. The van der Waals surface area contributed by atoms with Gasteiger partial charge >= 0.3 is 6.09 Å². The molecule has 23 heavy (non-hydrogen) atoms. The molecule has 1 N–H and O–H groups in total. The van der Waals surface area contributed by atoms with Crippen LogP contribution in [0.2, 0.25) is 0 Å². The maximum atomic E-state index is 13.9. The third-order valence-corrected chi connectivity index (χ3v) is 4.20. The Hall–Kier alpha value is -2.82. The highest BCUT2D eigenvalue weighted by molar-refractivity contribution is 5.92. The van der Waals surface area contributed by atoms with E-state index >= 15 is 0 Å². The van der Waals surface area contributed by atoms with E-state index < -0.39 is 11.6 Å². The molecule has 116 valence electrons. The van der Waals surface area contributed by atoms with Gasteiger partial charge in [0.2, 0.25) is 0 Å². The Kier molecular flexibility index (Phi) is 2.91. The summed E-state index contributed by atoms with van der Waals surface area (Å²) in [5.74, 6) is -0.317. The second-order valence-corrected chi connectivity index (χ2v) is 5.91. The van der Waals surface area contributed by atoms with Crippen LogP contribution in [0.5, 0.6) is 0 Å². The van der Waals surface area contributed by atoms with Crippen molar-refractivity contribution in [2.75, 3.05) is 6.61 Å². The predicted molar refractivity (Wildman–Crippen MR) is 83.4 cm³/mol. The fraction of sp³-hybridized carbons (Fsp3) is 0.167. The summed E-state index contributed by atoms with van der Waals surface area (Å²) in [5, 5.41) is 3.53. The molecular formula is C18H14FNO3. The molecule has 0 bridgehead atoms. The van der Waals surface area contributed by atoms with E-state index in [-0.39, 0.29) is 12.4 Å². The van der Waals surface area contributed by atoms with Crippen molar-refractivity contribution in [3.63, 3.8) is 0 Å². The Morgan fingerprint density at radius 1 is 1.22 bits per heavy atom. The quantitative estimate of drug-likeness (QED) is 0.772. The van der Waals surface area contributed by atoms with E-state index in [2.05, 4.69) is 5.32 Å². The van der Waals surface area contributed by atoms with Crippen molar-refractivity contribution in [3.05, 3.63) is 60.1 Å². The Morgan fingerprint density at radius 3 is 2.87 bits per heavy atom. The first-order valence-corrected chi connectivity index (χ1v) is 7.28. The first-order valence-electron chi connectivity index (χ1n) is 7.28. The Labute approximate surface area is 131 Å². The summed E-state index contributed by atoms with van der Waals surface area (Å²) in [6.45, 7) is 2.15. The molecule has 1 amide bonds. The number of nitrogens with one attached hydrogen (secondary N) is 1. The minimum Gasteiger partial charge on any atom is -0.464 e. The molecule has 4 rings (SSSR count). The summed E-state index contributed by atoms with van der Waals surface area (Å²) < 4.78 is 24.4. The molecule has 1 aliphatic heterocycles. The summed E-state index contributed by atoms with van der Waals surface area (Å²) >= 11 is 0. The number of benzene rings is 2. The number of carbonyl (C=O) groups excluding carboxylic acids is 1. The van der Waals surface area contributed by atoms with Crippen molar-refractivity contribution in [2.24, 2.45) is 0 Å². The normalized spacial score (nSPS) is 20.5. The first kappa shape index (κ1) is 13.8. The summed E-state index contributed by atoms with van der Waals surface area (Å²) in [6, 6.07) is 12.2. The predicted octanol–water partition coefficient (Wildman–Crippen LogP) is 4.19. The number of halogens is 1. The van der Waals surface area contributed by atoms with Gasteiger partial charge in [-0.1, -0.05) is 18.2 Å². The van der Waals surface area contributed by atoms with Crippen LogP contribution < -0.4 is 5.32 Å². The maximum absolute atomic E-state index is 13.9. The number of carbonyl (C=O) groups is 1. The van der Waals surface area contributed by atoms with Crippen LogP contribution in [0.4, 0.5) is 9.18 Å². The lowest BCUT2D eigenvalue weighted by Crippen LogP contribution is -2.37. The zero-order valence-corrected chi connectivity index (χ0v) is 12.4. The minimum absolute atomic E-state index is 0.259. The second-order valence-electron chi connectivity index (χ2n) is 5.91. The van der Waals surface area contributed by atoms with Crippen molar-refractivity contribution in [1.82, 2.24) is 5.32 Å². The molecular weight excluding hydrogens is 297 g/mol. The number of ether oxygens (including phenoxy) is 1. The monoisotopic (exact) mass is 311 g/mol. The molecule has 0 saturated carbocycles. The van der Waals surface area contributed by atoms with E-state index in [9.17, 15) is 9.18 Å². The molecule has 0 radical (unpaired) electrons. The largest absolute Gasteiger partial charge is 0.464 e. The van der Waals surface area contributed by atoms with Gasteiger partial charge in [0, 0.05) is 10.9 Å². The van der Waals surface area contributed by atoms with Crippen molar-refractivity contribution in [1.29, 1.82) is 0 Å². The zero-order valence-electron chi connectivity index (χ0n) is 12.4. The molecule has 0 spiro atoms. The van der Waals surface area contributed by atoms with Crippen LogP contribution in [0.25, 0.3) is 22.1 Å². The van der Waals surface area contributed by atoms with Crippen molar-refractivity contribution in [3.8, 4) is 11.1 Å². The zero-order chi connectivity index (χ0) is 16.0. The lowest BCUT2D eigenvalue weighted by molar-refractivity contribution is 0.173. The number of furan rings is 1. The number of alkyl carbamates (subject to hydrolysis) is 1. The molecule has 1 unspecified atom stereocenters.